The number of carbonyl (C=O) groups is 2. The fourth-order valence-corrected chi connectivity index (χ4v) is 3.55. The Kier molecular flexibility index (Phi) is 7.56. The smallest absolute Gasteiger partial charge is 0.321 e. The number of hydrogen-bond acceptors (Lipinski definition) is 5. The second-order valence-electron chi connectivity index (χ2n) is 5.98. The van der Waals surface area contributed by atoms with Crippen LogP contribution in [0.1, 0.15) is 12.5 Å². The summed E-state index contributed by atoms with van der Waals surface area (Å²) in [5.41, 5.74) is 1.66. The fourth-order valence-electron chi connectivity index (χ4n) is 2.31. The maximum Gasteiger partial charge on any atom is 0.321 e. The van der Waals surface area contributed by atoms with Gasteiger partial charge in [0, 0.05) is 17.8 Å². The van der Waals surface area contributed by atoms with E-state index >= 15 is 0 Å². The van der Waals surface area contributed by atoms with Gasteiger partial charge in [-0.1, -0.05) is 30.7 Å². The third-order valence-corrected chi connectivity index (χ3v) is 5.93. The number of benzene rings is 2. The molecule has 0 aliphatic heterocycles. The van der Waals surface area contributed by atoms with Crippen molar-refractivity contribution in [2.75, 3.05) is 25.5 Å². The van der Waals surface area contributed by atoms with Crippen molar-refractivity contribution in [2.24, 2.45) is 0 Å². The average molecular weight is 425 g/mol. The van der Waals surface area contributed by atoms with Crippen LogP contribution in [0.15, 0.2) is 53.4 Å². The summed E-state index contributed by atoms with van der Waals surface area (Å²) in [5, 5.41) is 3.03. The number of nitrogens with one attached hydrogen (secondary N) is 1. The molecule has 7 nitrogen and oxygen atoms in total. The quantitative estimate of drug-likeness (QED) is 0.657. The van der Waals surface area contributed by atoms with Gasteiger partial charge in [-0.25, -0.2) is 8.42 Å². The van der Waals surface area contributed by atoms with Crippen LogP contribution in [-0.4, -0.2) is 44.8 Å². The van der Waals surface area contributed by atoms with Gasteiger partial charge in [-0.3, -0.25) is 9.59 Å². The molecule has 1 N–H and O–H groups in total. The number of rotatable bonds is 8. The number of sulfonamides is 1. The lowest BCUT2D eigenvalue weighted by atomic mass is 10.1. The molecule has 0 fully saturated rings. The van der Waals surface area contributed by atoms with Crippen LogP contribution >= 0.6 is 11.6 Å². The Bertz CT molecular complexity index is 945. The Morgan fingerprint density at radius 3 is 2.46 bits per heavy atom. The molecule has 28 heavy (non-hydrogen) atoms. The Labute approximate surface area is 169 Å². The first-order valence-corrected chi connectivity index (χ1v) is 10.3. The summed E-state index contributed by atoms with van der Waals surface area (Å²) in [7, 11) is -2.62. The molecule has 2 rings (SSSR count). The zero-order valence-electron chi connectivity index (χ0n) is 15.5. The van der Waals surface area contributed by atoms with Crippen LogP contribution in [0.25, 0.3) is 0 Å². The number of amides is 1. The summed E-state index contributed by atoms with van der Waals surface area (Å²) in [6.07, 6.45) is 0.827. The van der Waals surface area contributed by atoms with Crippen LogP contribution in [0.3, 0.4) is 0 Å². The minimum atomic E-state index is -3.87. The van der Waals surface area contributed by atoms with Gasteiger partial charge in [0.05, 0.1) is 4.90 Å². The normalized spacial score (nSPS) is 11.3. The lowest BCUT2D eigenvalue weighted by Crippen LogP contribution is -2.34. The summed E-state index contributed by atoms with van der Waals surface area (Å²) < 4.78 is 30.6. The van der Waals surface area contributed by atoms with Crippen molar-refractivity contribution < 1.29 is 22.7 Å². The third-order valence-electron chi connectivity index (χ3n) is 3.86. The van der Waals surface area contributed by atoms with Gasteiger partial charge in [-0.15, -0.1) is 0 Å². The maximum absolute atomic E-state index is 12.4. The van der Waals surface area contributed by atoms with E-state index in [1.807, 2.05) is 25.1 Å². The molecule has 1 amide bonds. The van der Waals surface area contributed by atoms with Crippen molar-refractivity contribution in [3.8, 4) is 0 Å². The van der Waals surface area contributed by atoms with Crippen molar-refractivity contribution in [3.05, 3.63) is 59.1 Å². The summed E-state index contributed by atoms with van der Waals surface area (Å²) in [4.78, 5) is 23.8. The molecule has 0 aliphatic rings. The van der Waals surface area contributed by atoms with E-state index in [0.29, 0.717) is 10.7 Å². The Morgan fingerprint density at radius 1 is 1.14 bits per heavy atom. The van der Waals surface area contributed by atoms with Crippen LogP contribution in [0.4, 0.5) is 5.69 Å². The number of likely N-dealkylation sites (N-methyl/N-ethyl adjacent to an activating group) is 1. The Hall–Kier alpha value is -2.42. The van der Waals surface area contributed by atoms with Gasteiger partial charge in [-0.2, -0.15) is 4.31 Å². The van der Waals surface area contributed by atoms with E-state index in [0.717, 1.165) is 16.3 Å². The number of aryl methyl sites for hydroxylation is 1. The van der Waals surface area contributed by atoms with Crippen molar-refractivity contribution >= 4 is 39.2 Å². The molecule has 9 heteroatoms. The van der Waals surface area contributed by atoms with Crippen molar-refractivity contribution in [2.45, 2.75) is 18.2 Å². The molecule has 0 heterocycles. The van der Waals surface area contributed by atoms with E-state index in [1.54, 1.807) is 6.07 Å². The molecule has 2 aromatic carbocycles. The van der Waals surface area contributed by atoms with Gasteiger partial charge >= 0.3 is 5.97 Å². The molecular formula is C19H21ClN2O5S. The first kappa shape index (κ1) is 21.9. The second-order valence-corrected chi connectivity index (χ2v) is 8.46. The Morgan fingerprint density at radius 2 is 1.82 bits per heavy atom. The molecule has 0 aromatic heterocycles. The number of carbonyl (C=O) groups excluding carboxylic acids is 2. The highest BCUT2D eigenvalue weighted by Gasteiger charge is 2.23. The van der Waals surface area contributed by atoms with E-state index in [-0.39, 0.29) is 4.90 Å². The van der Waals surface area contributed by atoms with Crippen LogP contribution in [-0.2, 0) is 30.8 Å². The van der Waals surface area contributed by atoms with Gasteiger partial charge in [-0.05, 0) is 48.4 Å². The number of anilines is 1. The minimum Gasteiger partial charge on any atom is -0.455 e. The van der Waals surface area contributed by atoms with E-state index in [4.69, 9.17) is 16.3 Å². The van der Waals surface area contributed by atoms with Crippen molar-refractivity contribution in [3.63, 3.8) is 0 Å². The van der Waals surface area contributed by atoms with Crippen molar-refractivity contribution in [1.29, 1.82) is 0 Å². The molecular weight excluding hydrogens is 404 g/mol. The zero-order valence-corrected chi connectivity index (χ0v) is 17.1. The number of ether oxygens (including phenoxy) is 1. The van der Waals surface area contributed by atoms with Crippen LogP contribution in [0.2, 0.25) is 5.02 Å². The van der Waals surface area contributed by atoms with Crippen LogP contribution in [0, 0.1) is 0 Å². The first-order chi connectivity index (χ1) is 13.2. The molecule has 0 saturated carbocycles. The van der Waals surface area contributed by atoms with Gasteiger partial charge in [0.25, 0.3) is 5.91 Å². The average Bonchev–Trinajstić information content (AvgIpc) is 2.66. The van der Waals surface area contributed by atoms with Gasteiger partial charge in [0.2, 0.25) is 10.0 Å². The summed E-state index contributed by atoms with van der Waals surface area (Å²) in [6, 6.07) is 12.9. The van der Waals surface area contributed by atoms with Crippen LogP contribution in [0.5, 0.6) is 0 Å². The van der Waals surface area contributed by atoms with E-state index < -0.39 is 35.1 Å². The zero-order chi connectivity index (χ0) is 20.7. The molecule has 0 unspecified atom stereocenters. The molecule has 0 atom stereocenters. The molecule has 0 aliphatic carbocycles. The third kappa shape index (κ3) is 6.05. The van der Waals surface area contributed by atoms with E-state index in [2.05, 4.69) is 5.32 Å². The van der Waals surface area contributed by atoms with Gasteiger partial charge in [0.15, 0.2) is 6.61 Å². The predicted molar refractivity (Wildman–Crippen MR) is 107 cm³/mol. The topological polar surface area (TPSA) is 92.8 Å². The summed E-state index contributed by atoms with van der Waals surface area (Å²) >= 11 is 5.75. The fraction of sp³-hybridized carbons (Fsp3) is 0.263. The summed E-state index contributed by atoms with van der Waals surface area (Å²) in [6.45, 7) is 0.963. The number of nitrogens with zero attached hydrogens (tertiary/aromatic N) is 1. The lowest BCUT2D eigenvalue weighted by molar-refractivity contribution is -0.147. The summed E-state index contributed by atoms with van der Waals surface area (Å²) in [5.74, 6) is -1.35. The molecule has 0 bridgehead atoms. The lowest BCUT2D eigenvalue weighted by Gasteiger charge is -2.16. The molecule has 150 valence electrons. The maximum atomic E-state index is 12.4. The Balaban J connectivity index is 1.87. The highest BCUT2D eigenvalue weighted by molar-refractivity contribution is 7.89. The molecule has 0 spiro atoms. The van der Waals surface area contributed by atoms with E-state index in [9.17, 15) is 18.0 Å². The number of esters is 1. The van der Waals surface area contributed by atoms with Gasteiger partial charge < -0.3 is 10.1 Å². The second kappa shape index (κ2) is 9.68. The number of hydrogen-bond donors (Lipinski definition) is 1. The predicted octanol–water partition coefficient (Wildman–Crippen LogP) is 2.70. The monoisotopic (exact) mass is 424 g/mol. The molecule has 0 saturated heterocycles. The molecule has 0 radical (unpaired) electrons. The minimum absolute atomic E-state index is 0.000694. The van der Waals surface area contributed by atoms with E-state index in [1.165, 1.54) is 31.3 Å². The van der Waals surface area contributed by atoms with Gasteiger partial charge in [0.1, 0.15) is 6.54 Å². The highest BCUT2D eigenvalue weighted by Crippen LogP contribution is 2.17. The first-order valence-electron chi connectivity index (χ1n) is 8.48. The SMILES string of the molecule is CCc1cccc(NC(=O)COC(=O)CN(C)S(=O)(=O)c2ccc(Cl)cc2)c1. The molecule has 2 aromatic rings. The van der Waals surface area contributed by atoms with Crippen LogP contribution < -0.4 is 5.32 Å². The number of halogens is 1. The highest BCUT2D eigenvalue weighted by atomic mass is 35.5. The largest absolute Gasteiger partial charge is 0.455 e. The standard InChI is InChI=1S/C19H21ClN2O5S/c1-3-14-5-4-6-16(11-14)21-18(23)13-27-19(24)12-22(2)28(25,26)17-9-7-15(20)8-10-17/h4-11H,3,12-13H2,1-2H3,(H,21,23). The van der Waals surface area contributed by atoms with Crippen molar-refractivity contribution in [1.82, 2.24) is 4.31 Å².